The number of likely N-dealkylation sites (N-methyl/N-ethyl adjacent to an activating group) is 1. The van der Waals surface area contributed by atoms with Crippen molar-refractivity contribution in [3.63, 3.8) is 0 Å². The molecule has 0 spiro atoms. The first-order valence-corrected chi connectivity index (χ1v) is 8.54. The maximum atomic E-state index is 11.4. The maximum Gasteiger partial charge on any atom is 0.233 e. The molecule has 2 rings (SSSR count). The Hall–Kier alpha value is -1.92. The number of likely N-dealkylation sites (tertiary alicyclic amines) is 1. The molecule has 1 saturated heterocycles. The normalized spacial score (nSPS) is 17.3. The molecule has 24 heavy (non-hydrogen) atoms. The van der Waals surface area contributed by atoms with Gasteiger partial charge in [0.1, 0.15) is 0 Å². The van der Waals surface area contributed by atoms with E-state index in [2.05, 4.69) is 33.8 Å². The Morgan fingerprint density at radius 1 is 1.29 bits per heavy atom. The second-order valence-corrected chi connectivity index (χ2v) is 6.42. The SMILES string of the molecule is CNC(=O)CN1CCC(NC(C)c2cccc(NC(C)=O)c2)CC1. The number of hydrogen-bond acceptors (Lipinski definition) is 4. The zero-order valence-electron chi connectivity index (χ0n) is 14.8. The first-order chi connectivity index (χ1) is 11.5. The molecule has 1 aromatic rings. The summed E-state index contributed by atoms with van der Waals surface area (Å²) in [5.41, 5.74) is 1.99. The Labute approximate surface area is 144 Å². The van der Waals surface area contributed by atoms with Crippen LogP contribution >= 0.6 is 0 Å². The number of piperidine rings is 1. The van der Waals surface area contributed by atoms with Crippen molar-refractivity contribution in [3.05, 3.63) is 29.8 Å². The number of benzene rings is 1. The predicted molar refractivity (Wildman–Crippen MR) is 95.8 cm³/mol. The van der Waals surface area contributed by atoms with Gasteiger partial charge in [-0.25, -0.2) is 0 Å². The Balaban J connectivity index is 1.84. The van der Waals surface area contributed by atoms with Crippen LogP contribution in [0.4, 0.5) is 5.69 Å². The van der Waals surface area contributed by atoms with Crippen molar-refractivity contribution in [2.75, 3.05) is 32.0 Å². The van der Waals surface area contributed by atoms with E-state index in [0.717, 1.165) is 37.2 Å². The third-order valence-electron chi connectivity index (χ3n) is 4.43. The Morgan fingerprint density at radius 2 is 2.00 bits per heavy atom. The fraction of sp³-hybridized carbons (Fsp3) is 0.556. The van der Waals surface area contributed by atoms with Gasteiger partial charge in [0.05, 0.1) is 6.54 Å². The van der Waals surface area contributed by atoms with E-state index in [1.807, 2.05) is 18.2 Å². The van der Waals surface area contributed by atoms with E-state index in [0.29, 0.717) is 12.6 Å². The molecule has 3 N–H and O–H groups in total. The molecule has 0 aliphatic carbocycles. The van der Waals surface area contributed by atoms with Crippen LogP contribution in [0.5, 0.6) is 0 Å². The van der Waals surface area contributed by atoms with Crippen molar-refractivity contribution in [3.8, 4) is 0 Å². The molecule has 1 aromatic carbocycles. The second-order valence-electron chi connectivity index (χ2n) is 6.42. The maximum absolute atomic E-state index is 11.4. The Kier molecular flexibility index (Phi) is 6.75. The summed E-state index contributed by atoms with van der Waals surface area (Å²) in [5.74, 6) is 0.0146. The average molecular weight is 332 g/mol. The van der Waals surface area contributed by atoms with Crippen molar-refractivity contribution in [1.29, 1.82) is 0 Å². The van der Waals surface area contributed by atoms with Gasteiger partial charge in [-0.1, -0.05) is 12.1 Å². The average Bonchev–Trinajstić information content (AvgIpc) is 2.56. The molecule has 1 heterocycles. The highest BCUT2D eigenvalue weighted by Crippen LogP contribution is 2.20. The summed E-state index contributed by atoms with van der Waals surface area (Å²) in [6, 6.07) is 8.61. The Bertz CT molecular complexity index is 568. The molecule has 1 unspecified atom stereocenters. The van der Waals surface area contributed by atoms with E-state index in [1.165, 1.54) is 6.92 Å². The third-order valence-corrected chi connectivity index (χ3v) is 4.43. The summed E-state index contributed by atoms with van der Waals surface area (Å²) < 4.78 is 0. The van der Waals surface area contributed by atoms with Crippen molar-refractivity contribution >= 4 is 17.5 Å². The highest BCUT2D eigenvalue weighted by Gasteiger charge is 2.22. The molecule has 1 atom stereocenters. The van der Waals surface area contributed by atoms with Crippen LogP contribution < -0.4 is 16.0 Å². The van der Waals surface area contributed by atoms with Crippen LogP contribution in [-0.4, -0.2) is 49.4 Å². The Morgan fingerprint density at radius 3 is 2.62 bits per heavy atom. The van der Waals surface area contributed by atoms with E-state index in [4.69, 9.17) is 0 Å². The summed E-state index contributed by atoms with van der Waals surface area (Å²) in [5, 5.41) is 9.16. The van der Waals surface area contributed by atoms with Gasteiger partial charge < -0.3 is 16.0 Å². The highest BCUT2D eigenvalue weighted by atomic mass is 16.2. The second kappa shape index (κ2) is 8.80. The summed E-state index contributed by atoms with van der Waals surface area (Å²) in [4.78, 5) is 24.8. The molecule has 1 aliphatic heterocycles. The zero-order chi connectivity index (χ0) is 17.5. The quantitative estimate of drug-likeness (QED) is 0.738. The van der Waals surface area contributed by atoms with Crippen LogP contribution in [0.15, 0.2) is 24.3 Å². The lowest BCUT2D eigenvalue weighted by Crippen LogP contribution is -2.46. The molecule has 0 aromatic heterocycles. The topological polar surface area (TPSA) is 73.5 Å². The van der Waals surface area contributed by atoms with Gasteiger partial charge in [0.25, 0.3) is 0 Å². The van der Waals surface area contributed by atoms with E-state index in [1.54, 1.807) is 7.05 Å². The minimum atomic E-state index is -0.0590. The van der Waals surface area contributed by atoms with Gasteiger partial charge in [0, 0.05) is 44.8 Å². The van der Waals surface area contributed by atoms with Crippen LogP contribution in [0.1, 0.15) is 38.3 Å². The molecular formula is C18H28N4O2. The first-order valence-electron chi connectivity index (χ1n) is 8.54. The van der Waals surface area contributed by atoms with Crippen LogP contribution in [0.3, 0.4) is 0 Å². The van der Waals surface area contributed by atoms with Gasteiger partial charge in [0.15, 0.2) is 0 Å². The lowest BCUT2D eigenvalue weighted by molar-refractivity contribution is -0.122. The smallest absolute Gasteiger partial charge is 0.233 e. The molecule has 0 saturated carbocycles. The molecule has 1 aliphatic rings. The molecular weight excluding hydrogens is 304 g/mol. The lowest BCUT2D eigenvalue weighted by Gasteiger charge is -2.33. The highest BCUT2D eigenvalue weighted by molar-refractivity contribution is 5.88. The number of amides is 2. The molecule has 0 radical (unpaired) electrons. The van der Waals surface area contributed by atoms with Gasteiger partial charge in [-0.3, -0.25) is 14.5 Å². The molecule has 0 bridgehead atoms. The predicted octanol–water partition coefficient (Wildman–Crippen LogP) is 1.51. The van der Waals surface area contributed by atoms with Crippen molar-refractivity contribution in [1.82, 2.24) is 15.5 Å². The fourth-order valence-corrected chi connectivity index (χ4v) is 3.08. The van der Waals surface area contributed by atoms with E-state index in [9.17, 15) is 9.59 Å². The third kappa shape index (κ3) is 5.62. The van der Waals surface area contributed by atoms with Gasteiger partial charge in [0.2, 0.25) is 11.8 Å². The molecule has 2 amide bonds. The van der Waals surface area contributed by atoms with Crippen LogP contribution in [0, 0.1) is 0 Å². The number of nitrogens with zero attached hydrogens (tertiary/aromatic N) is 1. The zero-order valence-corrected chi connectivity index (χ0v) is 14.8. The number of carbonyl (C=O) groups is 2. The van der Waals surface area contributed by atoms with Crippen LogP contribution in [0.2, 0.25) is 0 Å². The fourth-order valence-electron chi connectivity index (χ4n) is 3.08. The van der Waals surface area contributed by atoms with Crippen molar-refractivity contribution in [2.45, 2.75) is 38.8 Å². The van der Waals surface area contributed by atoms with E-state index < -0.39 is 0 Å². The molecule has 132 valence electrons. The summed E-state index contributed by atoms with van der Waals surface area (Å²) >= 11 is 0. The minimum Gasteiger partial charge on any atom is -0.358 e. The van der Waals surface area contributed by atoms with Gasteiger partial charge in [-0.15, -0.1) is 0 Å². The largest absolute Gasteiger partial charge is 0.358 e. The number of nitrogens with one attached hydrogen (secondary N) is 3. The van der Waals surface area contributed by atoms with Crippen molar-refractivity contribution in [2.24, 2.45) is 0 Å². The molecule has 6 nitrogen and oxygen atoms in total. The van der Waals surface area contributed by atoms with Gasteiger partial charge in [-0.2, -0.15) is 0 Å². The molecule has 1 fully saturated rings. The van der Waals surface area contributed by atoms with Crippen molar-refractivity contribution < 1.29 is 9.59 Å². The van der Waals surface area contributed by atoms with Gasteiger partial charge >= 0.3 is 0 Å². The number of anilines is 1. The molecule has 6 heteroatoms. The van der Waals surface area contributed by atoms with Crippen LogP contribution in [0.25, 0.3) is 0 Å². The summed E-state index contributed by atoms with van der Waals surface area (Å²) in [6.45, 7) is 6.01. The minimum absolute atomic E-state index is 0.0590. The van der Waals surface area contributed by atoms with E-state index >= 15 is 0 Å². The number of hydrogen-bond donors (Lipinski definition) is 3. The summed E-state index contributed by atoms with van der Waals surface area (Å²) in [7, 11) is 1.67. The van der Waals surface area contributed by atoms with Crippen LogP contribution in [-0.2, 0) is 9.59 Å². The first kappa shape index (κ1) is 18.4. The standard InChI is InChI=1S/C18H28N4O2/c1-13(15-5-4-6-17(11-15)21-14(2)23)20-16-7-9-22(10-8-16)12-18(24)19-3/h4-6,11,13,16,20H,7-10,12H2,1-3H3,(H,19,24)(H,21,23). The van der Waals surface area contributed by atoms with Gasteiger partial charge in [-0.05, 0) is 37.5 Å². The number of rotatable bonds is 6. The summed E-state index contributed by atoms with van der Waals surface area (Å²) in [6.07, 6.45) is 2.07. The lowest BCUT2D eigenvalue weighted by atomic mass is 10.0. The number of carbonyl (C=O) groups excluding carboxylic acids is 2. The monoisotopic (exact) mass is 332 g/mol. The van der Waals surface area contributed by atoms with E-state index in [-0.39, 0.29) is 17.9 Å².